The lowest BCUT2D eigenvalue weighted by Gasteiger charge is -2.24. The van der Waals surface area contributed by atoms with E-state index < -0.39 is 24.3 Å². The number of benzene rings is 2. The molecule has 2 aromatic carbocycles. The number of hydrogen-bond donors (Lipinski definition) is 3. The molecule has 0 saturated carbocycles. The minimum absolute atomic E-state index is 0.0748. The minimum Gasteiger partial charge on any atom is -0.490 e. The zero-order valence-corrected chi connectivity index (χ0v) is 20.7. The fraction of sp³-hybridized carbons (Fsp3) is 0.360. The molecule has 0 aliphatic rings. The fourth-order valence-corrected chi connectivity index (χ4v) is 3.19. The van der Waals surface area contributed by atoms with Crippen LogP contribution < -0.4 is 25.3 Å². The van der Waals surface area contributed by atoms with E-state index in [4.69, 9.17) is 34.8 Å². The Morgan fingerprint density at radius 2 is 1.61 bits per heavy atom. The SMILES string of the molecule is CCOc1cc(OC(C=O)OCC)c(C(Nc2ccc(C(=N)N)cc2)C(=O)OC(C)=O)cc1OCC. The molecular weight excluding hydrogens is 470 g/mol. The first-order valence-corrected chi connectivity index (χ1v) is 11.3. The molecule has 2 rings (SSSR count). The summed E-state index contributed by atoms with van der Waals surface area (Å²) in [5.41, 5.74) is 6.66. The Balaban J connectivity index is 2.66. The largest absolute Gasteiger partial charge is 0.490 e. The van der Waals surface area contributed by atoms with E-state index in [0.717, 1.165) is 6.92 Å². The monoisotopic (exact) mass is 501 g/mol. The average molecular weight is 502 g/mol. The van der Waals surface area contributed by atoms with Crippen molar-refractivity contribution in [3.8, 4) is 17.2 Å². The number of nitrogens with one attached hydrogen (secondary N) is 2. The number of carbonyl (C=O) groups excluding carboxylic acids is 3. The zero-order valence-electron chi connectivity index (χ0n) is 20.7. The molecule has 2 aromatic rings. The van der Waals surface area contributed by atoms with Crippen molar-refractivity contribution in [2.24, 2.45) is 5.73 Å². The van der Waals surface area contributed by atoms with Crippen molar-refractivity contribution < 1.29 is 38.1 Å². The summed E-state index contributed by atoms with van der Waals surface area (Å²) in [6.45, 7) is 7.20. The molecule has 4 N–H and O–H groups in total. The summed E-state index contributed by atoms with van der Waals surface area (Å²) in [6, 6.07) is 8.13. The van der Waals surface area contributed by atoms with Crippen LogP contribution in [0.4, 0.5) is 5.69 Å². The summed E-state index contributed by atoms with van der Waals surface area (Å²) in [6.07, 6.45) is -0.790. The Morgan fingerprint density at radius 1 is 1.00 bits per heavy atom. The van der Waals surface area contributed by atoms with Crippen LogP contribution in [-0.2, 0) is 23.9 Å². The molecule has 11 nitrogen and oxygen atoms in total. The Hall–Kier alpha value is -4.12. The quantitative estimate of drug-likeness (QED) is 0.0877. The first kappa shape index (κ1) is 28.1. The van der Waals surface area contributed by atoms with Gasteiger partial charge in [-0.25, -0.2) is 4.79 Å². The third-order valence-corrected chi connectivity index (χ3v) is 4.66. The van der Waals surface area contributed by atoms with Crippen molar-refractivity contribution in [1.82, 2.24) is 0 Å². The molecule has 0 fully saturated rings. The molecule has 0 radical (unpaired) electrons. The van der Waals surface area contributed by atoms with Crippen LogP contribution in [0.2, 0.25) is 0 Å². The summed E-state index contributed by atoms with van der Waals surface area (Å²) in [5, 5.41) is 10.6. The van der Waals surface area contributed by atoms with Gasteiger partial charge in [0.15, 0.2) is 23.8 Å². The van der Waals surface area contributed by atoms with Gasteiger partial charge in [-0.05, 0) is 51.1 Å². The van der Waals surface area contributed by atoms with Crippen molar-refractivity contribution in [3.63, 3.8) is 0 Å². The van der Waals surface area contributed by atoms with Crippen LogP contribution in [0.15, 0.2) is 36.4 Å². The lowest BCUT2D eigenvalue weighted by Crippen LogP contribution is -2.28. The van der Waals surface area contributed by atoms with E-state index in [9.17, 15) is 14.4 Å². The van der Waals surface area contributed by atoms with E-state index in [1.54, 1.807) is 45.0 Å². The fourth-order valence-electron chi connectivity index (χ4n) is 3.19. The van der Waals surface area contributed by atoms with Crippen LogP contribution in [0.1, 0.15) is 44.9 Å². The van der Waals surface area contributed by atoms with Gasteiger partial charge in [0.1, 0.15) is 11.6 Å². The molecule has 0 aromatic heterocycles. The molecule has 36 heavy (non-hydrogen) atoms. The van der Waals surface area contributed by atoms with Crippen LogP contribution in [0.3, 0.4) is 0 Å². The predicted octanol–water partition coefficient (Wildman–Crippen LogP) is 2.95. The summed E-state index contributed by atoms with van der Waals surface area (Å²) < 4.78 is 27.3. The second kappa shape index (κ2) is 13.7. The Morgan fingerprint density at radius 3 is 2.11 bits per heavy atom. The molecule has 0 saturated heterocycles. The molecule has 0 heterocycles. The van der Waals surface area contributed by atoms with E-state index >= 15 is 0 Å². The Kier molecular flexibility index (Phi) is 10.7. The average Bonchev–Trinajstić information content (AvgIpc) is 2.83. The number of amidine groups is 1. The van der Waals surface area contributed by atoms with Crippen LogP contribution in [0, 0.1) is 5.41 Å². The highest BCUT2D eigenvalue weighted by Crippen LogP contribution is 2.40. The van der Waals surface area contributed by atoms with Gasteiger partial charge < -0.3 is 34.7 Å². The second-order valence-corrected chi connectivity index (χ2v) is 7.26. The molecule has 0 amide bonds. The highest BCUT2D eigenvalue weighted by Gasteiger charge is 2.30. The van der Waals surface area contributed by atoms with E-state index in [1.807, 2.05) is 0 Å². The van der Waals surface area contributed by atoms with Gasteiger partial charge in [0.2, 0.25) is 0 Å². The number of nitrogens with two attached hydrogens (primary N) is 1. The number of anilines is 1. The van der Waals surface area contributed by atoms with Gasteiger partial charge in [-0.2, -0.15) is 0 Å². The molecule has 0 bridgehead atoms. The summed E-state index contributed by atoms with van der Waals surface area (Å²) in [7, 11) is 0. The highest BCUT2D eigenvalue weighted by atomic mass is 16.7. The third-order valence-electron chi connectivity index (χ3n) is 4.66. The summed E-state index contributed by atoms with van der Waals surface area (Å²) >= 11 is 0. The van der Waals surface area contributed by atoms with Gasteiger partial charge in [0.05, 0.1) is 13.2 Å². The van der Waals surface area contributed by atoms with Crippen molar-refractivity contribution >= 4 is 29.7 Å². The number of nitrogen functional groups attached to an aromatic ring is 1. The number of ether oxygens (including phenoxy) is 5. The molecule has 2 atom stereocenters. The number of esters is 2. The number of carbonyl (C=O) groups is 3. The molecule has 194 valence electrons. The van der Waals surface area contributed by atoms with Crippen LogP contribution in [-0.4, -0.2) is 50.2 Å². The van der Waals surface area contributed by atoms with Crippen LogP contribution >= 0.6 is 0 Å². The summed E-state index contributed by atoms with van der Waals surface area (Å²) in [4.78, 5) is 36.2. The molecule has 0 aliphatic carbocycles. The smallest absolute Gasteiger partial charge is 0.341 e. The van der Waals surface area contributed by atoms with Gasteiger partial charge in [-0.15, -0.1) is 0 Å². The maximum atomic E-state index is 13.1. The molecular formula is C25H31N3O8. The minimum atomic E-state index is -1.27. The molecule has 0 aliphatic heterocycles. The predicted molar refractivity (Wildman–Crippen MR) is 131 cm³/mol. The normalized spacial score (nSPS) is 12.1. The van der Waals surface area contributed by atoms with Crippen LogP contribution in [0.25, 0.3) is 0 Å². The van der Waals surface area contributed by atoms with Crippen LogP contribution in [0.5, 0.6) is 17.2 Å². The van der Waals surface area contributed by atoms with Crippen molar-refractivity contribution in [1.29, 1.82) is 5.41 Å². The third kappa shape index (κ3) is 7.70. The summed E-state index contributed by atoms with van der Waals surface area (Å²) in [5.74, 6) is -1.14. The van der Waals surface area contributed by atoms with E-state index in [2.05, 4.69) is 5.32 Å². The molecule has 0 spiro atoms. The number of rotatable bonds is 14. The second-order valence-electron chi connectivity index (χ2n) is 7.26. The first-order valence-electron chi connectivity index (χ1n) is 11.3. The topological polar surface area (TPSA) is 159 Å². The van der Waals surface area contributed by atoms with Gasteiger partial charge in [0, 0.05) is 36.4 Å². The van der Waals surface area contributed by atoms with E-state index in [0.29, 0.717) is 42.2 Å². The van der Waals surface area contributed by atoms with Gasteiger partial charge in [0.25, 0.3) is 6.29 Å². The van der Waals surface area contributed by atoms with Gasteiger partial charge in [-0.3, -0.25) is 15.0 Å². The van der Waals surface area contributed by atoms with Gasteiger partial charge >= 0.3 is 11.9 Å². The van der Waals surface area contributed by atoms with Crippen molar-refractivity contribution in [3.05, 3.63) is 47.5 Å². The Bertz CT molecular complexity index is 1070. The maximum Gasteiger partial charge on any atom is 0.341 e. The van der Waals surface area contributed by atoms with Gasteiger partial charge in [-0.1, -0.05) is 0 Å². The molecule has 2 unspecified atom stereocenters. The van der Waals surface area contributed by atoms with Crippen molar-refractivity contribution in [2.45, 2.75) is 40.0 Å². The molecule has 11 heteroatoms. The lowest BCUT2D eigenvalue weighted by atomic mass is 10.0. The number of hydrogen-bond acceptors (Lipinski definition) is 10. The first-order chi connectivity index (χ1) is 17.2. The lowest BCUT2D eigenvalue weighted by molar-refractivity contribution is -0.158. The van der Waals surface area contributed by atoms with E-state index in [1.165, 1.54) is 12.1 Å². The zero-order chi connectivity index (χ0) is 26.7. The van der Waals surface area contributed by atoms with Crippen molar-refractivity contribution in [2.75, 3.05) is 25.1 Å². The number of aldehydes is 1. The Labute approximate surface area is 209 Å². The maximum absolute atomic E-state index is 13.1. The standard InChI is InChI=1S/C25H31N3O8/c1-5-32-20-12-18(19(13-21(20)33-6-2)36-22(14-29)34-7-3)23(25(31)35-15(4)30)28-17-10-8-16(9-11-17)24(26)27/h8-14,22-23,28H,5-7H2,1-4H3,(H3,26,27). The highest BCUT2D eigenvalue weighted by molar-refractivity contribution is 5.95. The van der Waals surface area contributed by atoms with E-state index in [-0.39, 0.29) is 23.8 Å².